The summed E-state index contributed by atoms with van der Waals surface area (Å²) in [5.41, 5.74) is 0.611. The molecule has 0 bridgehead atoms. The number of nitrogens with one attached hydrogen (secondary N) is 1. The summed E-state index contributed by atoms with van der Waals surface area (Å²) in [4.78, 5) is 13.4. The average molecular weight is 286 g/mol. The third-order valence-electron chi connectivity index (χ3n) is 3.28. The van der Waals surface area contributed by atoms with Gasteiger partial charge in [-0.1, -0.05) is 0 Å². The number of rotatable bonds is 3. The molecule has 1 atom stereocenters. The maximum absolute atomic E-state index is 12.0. The van der Waals surface area contributed by atoms with Gasteiger partial charge in [-0.25, -0.2) is 13.2 Å². The lowest BCUT2D eigenvalue weighted by atomic mass is 10.2. The largest absolute Gasteiger partial charge is 0.324 e. The van der Waals surface area contributed by atoms with E-state index in [2.05, 4.69) is 10.4 Å². The molecule has 2 amide bonds. The zero-order chi connectivity index (χ0) is 14.0. The number of anilines is 1. The zero-order valence-electron chi connectivity index (χ0n) is 11.0. The normalized spacial score (nSPS) is 21.3. The van der Waals surface area contributed by atoms with E-state index in [-0.39, 0.29) is 23.6 Å². The summed E-state index contributed by atoms with van der Waals surface area (Å²) in [6.07, 6.45) is 3.80. The first-order valence-electron chi connectivity index (χ1n) is 6.18. The summed E-state index contributed by atoms with van der Waals surface area (Å²) in [6, 6.07) is -0.552. The smallest absolute Gasteiger partial charge is 0.321 e. The average Bonchev–Trinajstić information content (AvgIpc) is 2.94. The van der Waals surface area contributed by atoms with E-state index in [1.165, 1.54) is 4.90 Å². The molecular formula is C11H18N4O3S. The van der Waals surface area contributed by atoms with Gasteiger partial charge < -0.3 is 10.2 Å². The number of urea groups is 1. The monoisotopic (exact) mass is 286 g/mol. The van der Waals surface area contributed by atoms with Crippen LogP contribution in [0.25, 0.3) is 0 Å². The number of carbonyl (C=O) groups is 1. The number of nitrogens with zero attached hydrogens (tertiary/aromatic N) is 3. The lowest BCUT2D eigenvalue weighted by Crippen LogP contribution is -2.40. The SMILES string of the molecule is CCn1cc(NC(=O)N(C)C2CCS(=O)(=O)C2)cn1. The maximum Gasteiger partial charge on any atom is 0.321 e. The maximum atomic E-state index is 12.0. The highest BCUT2D eigenvalue weighted by Crippen LogP contribution is 2.17. The summed E-state index contributed by atoms with van der Waals surface area (Å²) < 4.78 is 24.5. The highest BCUT2D eigenvalue weighted by Gasteiger charge is 2.32. The standard InChI is InChI=1S/C11H18N4O3S/c1-3-15-7-9(6-12-15)13-11(16)14(2)10-4-5-19(17,18)8-10/h6-7,10H,3-5,8H2,1-2H3,(H,13,16). The third kappa shape index (κ3) is 3.25. The second kappa shape index (κ2) is 5.20. The fraction of sp³-hybridized carbons (Fsp3) is 0.636. The Kier molecular flexibility index (Phi) is 3.79. The molecule has 8 heteroatoms. The van der Waals surface area contributed by atoms with Crippen LogP contribution in [0, 0.1) is 0 Å². The molecule has 1 aromatic rings. The van der Waals surface area contributed by atoms with E-state index in [1.807, 2.05) is 6.92 Å². The van der Waals surface area contributed by atoms with Crippen molar-refractivity contribution < 1.29 is 13.2 Å². The van der Waals surface area contributed by atoms with Crippen LogP contribution in [0.2, 0.25) is 0 Å². The van der Waals surface area contributed by atoms with Gasteiger partial charge in [0.25, 0.3) is 0 Å². The lowest BCUT2D eigenvalue weighted by molar-refractivity contribution is 0.209. The summed E-state index contributed by atoms with van der Waals surface area (Å²) >= 11 is 0. The summed E-state index contributed by atoms with van der Waals surface area (Å²) in [6.45, 7) is 2.68. The Hall–Kier alpha value is -1.57. The van der Waals surface area contributed by atoms with Gasteiger partial charge in [0.05, 0.1) is 23.4 Å². The highest BCUT2D eigenvalue weighted by molar-refractivity contribution is 7.91. The van der Waals surface area contributed by atoms with Gasteiger partial charge in [-0.3, -0.25) is 4.68 Å². The molecule has 1 unspecified atom stereocenters. The van der Waals surface area contributed by atoms with Gasteiger partial charge in [-0.15, -0.1) is 0 Å². The Balaban J connectivity index is 1.96. The van der Waals surface area contributed by atoms with E-state index < -0.39 is 9.84 Å². The zero-order valence-corrected chi connectivity index (χ0v) is 11.9. The molecule has 106 valence electrons. The number of carbonyl (C=O) groups excluding carboxylic acids is 1. The summed E-state index contributed by atoms with van der Waals surface area (Å²) in [5.74, 6) is 0.203. The molecule has 1 aliphatic rings. The predicted octanol–water partition coefficient (Wildman–Crippen LogP) is 0.554. The molecule has 1 N–H and O–H groups in total. The fourth-order valence-corrected chi connectivity index (χ4v) is 3.83. The Morgan fingerprint density at radius 2 is 2.37 bits per heavy atom. The van der Waals surface area contributed by atoms with Crippen LogP contribution in [-0.2, 0) is 16.4 Å². The van der Waals surface area contributed by atoms with E-state index >= 15 is 0 Å². The van der Waals surface area contributed by atoms with Crippen molar-refractivity contribution in [3.8, 4) is 0 Å². The van der Waals surface area contributed by atoms with Crippen LogP contribution in [0.4, 0.5) is 10.5 Å². The molecule has 0 saturated carbocycles. The van der Waals surface area contributed by atoms with Crippen molar-refractivity contribution in [1.29, 1.82) is 0 Å². The van der Waals surface area contributed by atoms with Crippen molar-refractivity contribution in [3.05, 3.63) is 12.4 Å². The van der Waals surface area contributed by atoms with Crippen LogP contribution in [0.1, 0.15) is 13.3 Å². The second-order valence-electron chi connectivity index (χ2n) is 4.68. The lowest BCUT2D eigenvalue weighted by Gasteiger charge is -2.23. The first-order chi connectivity index (χ1) is 8.91. The van der Waals surface area contributed by atoms with E-state index in [9.17, 15) is 13.2 Å². The van der Waals surface area contributed by atoms with Crippen molar-refractivity contribution in [3.63, 3.8) is 0 Å². The van der Waals surface area contributed by atoms with Crippen molar-refractivity contribution in [2.45, 2.75) is 25.9 Å². The molecule has 0 radical (unpaired) electrons. The molecule has 2 heterocycles. The predicted molar refractivity (Wildman–Crippen MR) is 71.7 cm³/mol. The van der Waals surface area contributed by atoms with E-state index in [1.54, 1.807) is 24.1 Å². The minimum Gasteiger partial charge on any atom is -0.324 e. The van der Waals surface area contributed by atoms with E-state index in [4.69, 9.17) is 0 Å². The number of sulfone groups is 1. The first kappa shape index (κ1) is 13.9. The van der Waals surface area contributed by atoms with Crippen molar-refractivity contribution in [1.82, 2.24) is 14.7 Å². The highest BCUT2D eigenvalue weighted by atomic mass is 32.2. The summed E-state index contributed by atoms with van der Waals surface area (Å²) in [7, 11) is -1.37. The van der Waals surface area contributed by atoms with Crippen molar-refractivity contribution in [2.75, 3.05) is 23.9 Å². The van der Waals surface area contributed by atoms with Gasteiger partial charge in [0, 0.05) is 25.8 Å². The van der Waals surface area contributed by atoms with Gasteiger partial charge in [-0.05, 0) is 13.3 Å². The number of amides is 2. The Bertz CT molecular complexity index is 566. The van der Waals surface area contributed by atoms with Crippen LogP contribution in [0.15, 0.2) is 12.4 Å². The molecule has 1 aliphatic heterocycles. The quantitative estimate of drug-likeness (QED) is 0.879. The molecule has 2 rings (SSSR count). The number of hydrogen-bond acceptors (Lipinski definition) is 4. The summed E-state index contributed by atoms with van der Waals surface area (Å²) in [5, 5.41) is 6.76. The van der Waals surface area contributed by atoms with Gasteiger partial charge in [-0.2, -0.15) is 5.10 Å². The van der Waals surface area contributed by atoms with Crippen LogP contribution in [0.3, 0.4) is 0 Å². The van der Waals surface area contributed by atoms with Crippen LogP contribution in [0.5, 0.6) is 0 Å². The van der Waals surface area contributed by atoms with Crippen molar-refractivity contribution in [2.24, 2.45) is 0 Å². The molecule has 0 aliphatic carbocycles. The molecule has 1 fully saturated rings. The van der Waals surface area contributed by atoms with Gasteiger partial charge in [0.2, 0.25) is 0 Å². The van der Waals surface area contributed by atoms with Gasteiger partial charge >= 0.3 is 6.03 Å². The molecule has 1 saturated heterocycles. The number of hydrogen-bond donors (Lipinski definition) is 1. The Morgan fingerprint density at radius 1 is 1.63 bits per heavy atom. The van der Waals surface area contributed by atoms with Crippen molar-refractivity contribution >= 4 is 21.6 Å². The van der Waals surface area contributed by atoms with Gasteiger partial charge in [0.1, 0.15) is 0 Å². The topological polar surface area (TPSA) is 84.3 Å². The van der Waals surface area contributed by atoms with Crippen LogP contribution < -0.4 is 5.32 Å². The first-order valence-corrected chi connectivity index (χ1v) is 8.00. The minimum atomic E-state index is -2.98. The molecule has 19 heavy (non-hydrogen) atoms. The molecule has 0 aromatic carbocycles. The number of aromatic nitrogens is 2. The van der Waals surface area contributed by atoms with E-state index in [0.29, 0.717) is 12.1 Å². The van der Waals surface area contributed by atoms with Gasteiger partial charge in [0.15, 0.2) is 9.84 Å². The molecule has 0 spiro atoms. The Morgan fingerprint density at radius 3 is 2.89 bits per heavy atom. The second-order valence-corrected chi connectivity index (χ2v) is 6.91. The minimum absolute atomic E-state index is 0.0468. The Labute approximate surface area is 112 Å². The molecule has 7 nitrogen and oxygen atoms in total. The third-order valence-corrected chi connectivity index (χ3v) is 5.04. The molecular weight excluding hydrogens is 268 g/mol. The van der Waals surface area contributed by atoms with Crippen LogP contribution in [-0.4, -0.2) is 53.7 Å². The number of aryl methyl sites for hydroxylation is 1. The van der Waals surface area contributed by atoms with E-state index in [0.717, 1.165) is 6.54 Å². The fourth-order valence-electron chi connectivity index (χ4n) is 2.06. The molecule has 1 aromatic heterocycles. The van der Waals surface area contributed by atoms with Crippen LogP contribution >= 0.6 is 0 Å².